The fraction of sp³-hybridized carbons (Fsp3) is 0.417. The third-order valence-electron chi connectivity index (χ3n) is 2.48. The van der Waals surface area contributed by atoms with Crippen LogP contribution in [0.15, 0.2) is 35.7 Å². The molecule has 0 saturated heterocycles. The number of nitrogens with two attached hydrogens (primary N) is 1. The fourth-order valence-electron chi connectivity index (χ4n) is 1.63. The molecule has 106 valence electrons. The quantitative estimate of drug-likeness (QED) is 0.858. The smallest absolute Gasteiger partial charge is 0.381 e. The summed E-state index contributed by atoms with van der Waals surface area (Å²) in [5.41, 5.74) is 4.61. The zero-order chi connectivity index (χ0) is 14.5. The lowest BCUT2D eigenvalue weighted by molar-refractivity contribution is -0.0888. The average Bonchev–Trinajstić information content (AvgIpc) is 2.33. The van der Waals surface area contributed by atoms with Crippen LogP contribution in [-0.2, 0) is 4.74 Å². The van der Waals surface area contributed by atoms with Crippen LogP contribution in [0.25, 0.3) is 0 Å². The molecule has 7 heteroatoms. The van der Waals surface area contributed by atoms with Crippen molar-refractivity contribution in [1.29, 1.82) is 0 Å². The second-order valence-electron chi connectivity index (χ2n) is 3.88. The van der Waals surface area contributed by atoms with Gasteiger partial charge in [-0.2, -0.15) is 13.2 Å². The number of methoxy groups -OCH3 is 1. The first-order valence-electron chi connectivity index (χ1n) is 5.58. The minimum absolute atomic E-state index is 0.211. The summed E-state index contributed by atoms with van der Waals surface area (Å²) in [5, 5.41) is 0. The molecule has 0 radical (unpaired) electrons. The number of allylic oxidation sites excluding steroid dienone is 4. The van der Waals surface area contributed by atoms with Crippen molar-refractivity contribution in [1.82, 2.24) is 4.90 Å². The molecule has 1 aliphatic rings. The maximum absolute atomic E-state index is 12.6. The third-order valence-corrected chi connectivity index (χ3v) is 2.48. The Kier molecular flexibility index (Phi) is 5.17. The molecular weight excluding hydrogens is 261 g/mol. The Balaban J connectivity index is 2.94. The highest BCUT2D eigenvalue weighted by molar-refractivity contribution is 5.75. The van der Waals surface area contributed by atoms with Gasteiger partial charge in [-0.25, -0.2) is 4.79 Å². The lowest BCUT2D eigenvalue weighted by Crippen LogP contribution is -2.31. The van der Waals surface area contributed by atoms with Gasteiger partial charge in [0, 0.05) is 19.0 Å². The molecule has 0 saturated carbocycles. The Morgan fingerprint density at radius 1 is 1.58 bits per heavy atom. The Bertz CT molecular complexity index is 425. The summed E-state index contributed by atoms with van der Waals surface area (Å²) in [5.74, 6) is 0. The van der Waals surface area contributed by atoms with E-state index in [2.05, 4.69) is 0 Å². The van der Waals surface area contributed by atoms with E-state index in [9.17, 15) is 18.0 Å². The van der Waals surface area contributed by atoms with Crippen molar-refractivity contribution in [3.8, 4) is 0 Å². The molecule has 0 aliphatic heterocycles. The van der Waals surface area contributed by atoms with Crippen molar-refractivity contribution in [2.45, 2.75) is 19.0 Å². The van der Waals surface area contributed by atoms with Gasteiger partial charge >= 0.3 is 12.2 Å². The molecule has 0 heterocycles. The molecule has 1 rings (SSSR count). The highest BCUT2D eigenvalue weighted by Gasteiger charge is 2.34. The number of alkyl halides is 3. The second kappa shape index (κ2) is 6.42. The molecule has 0 unspecified atom stereocenters. The van der Waals surface area contributed by atoms with Gasteiger partial charge in [-0.05, 0) is 25.0 Å². The first kappa shape index (κ1) is 15.3. The normalized spacial score (nSPS) is 16.2. The summed E-state index contributed by atoms with van der Waals surface area (Å²) in [7, 11) is 1.46. The third kappa shape index (κ3) is 4.44. The molecule has 1 aliphatic carbocycles. The SMILES string of the molecule is COC/C=C\N(C(N)=O)C1=CC(C(F)(F)F)=CCC1. The molecule has 0 spiro atoms. The predicted molar refractivity (Wildman–Crippen MR) is 63.9 cm³/mol. The average molecular weight is 276 g/mol. The molecule has 0 fully saturated rings. The van der Waals surface area contributed by atoms with Gasteiger partial charge in [-0.1, -0.05) is 6.08 Å². The zero-order valence-electron chi connectivity index (χ0n) is 10.4. The van der Waals surface area contributed by atoms with E-state index in [0.717, 1.165) is 17.1 Å². The van der Waals surface area contributed by atoms with Crippen molar-refractivity contribution in [3.63, 3.8) is 0 Å². The molecule has 0 bridgehead atoms. The number of ether oxygens (including phenoxy) is 1. The van der Waals surface area contributed by atoms with Gasteiger partial charge in [0.1, 0.15) is 0 Å². The Morgan fingerprint density at radius 3 is 2.79 bits per heavy atom. The van der Waals surface area contributed by atoms with Crippen LogP contribution in [-0.4, -0.2) is 30.8 Å². The van der Waals surface area contributed by atoms with Crippen LogP contribution in [0.4, 0.5) is 18.0 Å². The number of carbonyl (C=O) groups is 1. The highest BCUT2D eigenvalue weighted by atomic mass is 19.4. The summed E-state index contributed by atoms with van der Waals surface area (Å²) >= 11 is 0. The van der Waals surface area contributed by atoms with Crippen LogP contribution in [0.1, 0.15) is 12.8 Å². The van der Waals surface area contributed by atoms with Crippen LogP contribution in [0, 0.1) is 0 Å². The molecular formula is C12H15F3N2O2. The molecule has 0 aromatic rings. The van der Waals surface area contributed by atoms with E-state index in [1.807, 2.05) is 0 Å². The minimum Gasteiger partial charge on any atom is -0.381 e. The number of hydrogen-bond donors (Lipinski definition) is 1. The van der Waals surface area contributed by atoms with Gasteiger partial charge < -0.3 is 10.5 Å². The summed E-state index contributed by atoms with van der Waals surface area (Å²) in [4.78, 5) is 12.3. The fourth-order valence-corrected chi connectivity index (χ4v) is 1.63. The van der Waals surface area contributed by atoms with E-state index in [-0.39, 0.29) is 18.7 Å². The number of hydrogen-bond acceptors (Lipinski definition) is 2. The summed E-state index contributed by atoms with van der Waals surface area (Å²) < 4.78 is 42.6. The molecule has 2 N–H and O–H groups in total. The summed E-state index contributed by atoms with van der Waals surface area (Å²) in [6.45, 7) is 0.235. The number of amides is 2. The maximum atomic E-state index is 12.6. The van der Waals surface area contributed by atoms with Gasteiger partial charge in [0.2, 0.25) is 0 Å². The first-order chi connectivity index (χ1) is 8.86. The second-order valence-corrected chi connectivity index (χ2v) is 3.88. The Hall–Kier alpha value is -1.76. The van der Waals surface area contributed by atoms with Crippen LogP contribution >= 0.6 is 0 Å². The van der Waals surface area contributed by atoms with Gasteiger partial charge in [-0.15, -0.1) is 0 Å². The van der Waals surface area contributed by atoms with Crippen molar-refractivity contribution in [3.05, 3.63) is 35.7 Å². The van der Waals surface area contributed by atoms with Crippen LogP contribution in [0.2, 0.25) is 0 Å². The molecule has 2 amide bonds. The largest absolute Gasteiger partial charge is 0.416 e. The van der Waals surface area contributed by atoms with Crippen LogP contribution < -0.4 is 5.73 Å². The Labute approximate surface area is 109 Å². The minimum atomic E-state index is -4.43. The van der Waals surface area contributed by atoms with Gasteiger partial charge in [0.15, 0.2) is 0 Å². The van der Waals surface area contributed by atoms with Crippen molar-refractivity contribution >= 4 is 6.03 Å². The standard InChI is InChI=1S/C12H15F3N2O2/c1-19-7-3-6-17(11(16)18)10-5-2-4-9(8-10)12(13,14)15/h3-4,6,8H,2,5,7H2,1H3,(H2,16,18)/b6-3-. The zero-order valence-corrected chi connectivity index (χ0v) is 10.4. The van der Waals surface area contributed by atoms with E-state index in [0.29, 0.717) is 6.42 Å². The maximum Gasteiger partial charge on any atom is 0.416 e. The summed E-state index contributed by atoms with van der Waals surface area (Å²) in [6, 6.07) is -0.831. The lowest BCUT2D eigenvalue weighted by atomic mass is 10.0. The number of halogens is 3. The van der Waals surface area contributed by atoms with Crippen molar-refractivity contribution in [2.75, 3.05) is 13.7 Å². The predicted octanol–water partition coefficient (Wildman–Crippen LogP) is 2.69. The molecule has 0 aromatic heterocycles. The van der Waals surface area contributed by atoms with Gasteiger partial charge in [0.25, 0.3) is 0 Å². The number of nitrogens with zero attached hydrogens (tertiary/aromatic N) is 1. The number of rotatable bonds is 4. The molecule has 0 aromatic carbocycles. The van der Waals surface area contributed by atoms with E-state index >= 15 is 0 Å². The van der Waals surface area contributed by atoms with E-state index in [1.54, 1.807) is 0 Å². The van der Waals surface area contributed by atoms with E-state index in [4.69, 9.17) is 10.5 Å². The van der Waals surface area contributed by atoms with Crippen LogP contribution in [0.3, 0.4) is 0 Å². The monoisotopic (exact) mass is 276 g/mol. The first-order valence-corrected chi connectivity index (χ1v) is 5.58. The molecule has 4 nitrogen and oxygen atoms in total. The number of urea groups is 1. The van der Waals surface area contributed by atoms with E-state index < -0.39 is 17.8 Å². The molecule has 0 atom stereocenters. The molecule has 19 heavy (non-hydrogen) atoms. The van der Waals surface area contributed by atoms with Crippen molar-refractivity contribution < 1.29 is 22.7 Å². The topological polar surface area (TPSA) is 55.6 Å². The van der Waals surface area contributed by atoms with E-state index in [1.165, 1.54) is 19.4 Å². The number of carbonyl (C=O) groups excluding carboxylic acids is 1. The number of primary amides is 1. The Morgan fingerprint density at radius 2 is 2.26 bits per heavy atom. The van der Waals surface area contributed by atoms with Gasteiger partial charge in [-0.3, -0.25) is 4.90 Å². The van der Waals surface area contributed by atoms with Crippen molar-refractivity contribution in [2.24, 2.45) is 5.73 Å². The highest BCUT2D eigenvalue weighted by Crippen LogP contribution is 2.32. The summed E-state index contributed by atoms with van der Waals surface area (Å²) in [6.07, 6.45) is 0.953. The lowest BCUT2D eigenvalue weighted by Gasteiger charge is -2.23. The van der Waals surface area contributed by atoms with Gasteiger partial charge in [0.05, 0.1) is 12.2 Å². The van der Waals surface area contributed by atoms with Crippen LogP contribution in [0.5, 0.6) is 0 Å².